The Hall–Kier alpha value is -1.77. The number of nitrogens with zero attached hydrogens (tertiary/aromatic N) is 2. The quantitative estimate of drug-likeness (QED) is 0.862. The second-order valence-electron chi connectivity index (χ2n) is 5.66. The third-order valence-electron chi connectivity index (χ3n) is 3.93. The fourth-order valence-corrected chi connectivity index (χ4v) is 2.51. The summed E-state index contributed by atoms with van der Waals surface area (Å²) in [5.41, 5.74) is 10.2. The number of hydrogen-bond acceptors (Lipinski definition) is 2. The summed E-state index contributed by atoms with van der Waals surface area (Å²) in [5.74, 6) is 0.545. The summed E-state index contributed by atoms with van der Waals surface area (Å²) in [5, 5.41) is 4.69. The zero-order valence-electron chi connectivity index (χ0n) is 12.9. The van der Waals surface area contributed by atoms with Crippen molar-refractivity contribution in [2.75, 3.05) is 5.73 Å². The molecule has 0 spiro atoms. The van der Waals surface area contributed by atoms with Crippen LogP contribution in [0.5, 0.6) is 0 Å². The zero-order valence-corrected chi connectivity index (χ0v) is 12.9. The molecule has 2 aromatic rings. The van der Waals surface area contributed by atoms with Crippen molar-refractivity contribution in [2.45, 2.75) is 52.5 Å². The molecule has 0 unspecified atom stereocenters. The third kappa shape index (κ3) is 2.87. The molecule has 0 aliphatic carbocycles. The molecule has 0 amide bonds. The lowest BCUT2D eigenvalue weighted by Gasteiger charge is -2.12. The van der Waals surface area contributed by atoms with E-state index >= 15 is 0 Å². The summed E-state index contributed by atoms with van der Waals surface area (Å²) in [7, 11) is 0. The average molecular weight is 271 g/mol. The minimum Gasteiger partial charge on any atom is -0.396 e. The number of aromatic nitrogens is 2. The fourth-order valence-electron chi connectivity index (χ4n) is 2.51. The van der Waals surface area contributed by atoms with Gasteiger partial charge in [0.25, 0.3) is 0 Å². The lowest BCUT2D eigenvalue weighted by atomic mass is 10.0. The summed E-state index contributed by atoms with van der Waals surface area (Å²) in [4.78, 5) is 0. The highest BCUT2D eigenvalue weighted by molar-refractivity contribution is 5.72. The number of nitrogens with two attached hydrogens (primary N) is 1. The van der Waals surface area contributed by atoms with Gasteiger partial charge in [0, 0.05) is 11.8 Å². The van der Waals surface area contributed by atoms with E-state index in [2.05, 4.69) is 57.1 Å². The third-order valence-corrected chi connectivity index (χ3v) is 3.93. The largest absolute Gasteiger partial charge is 0.396 e. The van der Waals surface area contributed by atoms with E-state index in [-0.39, 0.29) is 0 Å². The maximum atomic E-state index is 6.14. The Kier molecular flexibility index (Phi) is 4.48. The maximum Gasteiger partial charge on any atom is 0.115 e. The molecule has 0 aliphatic heterocycles. The summed E-state index contributed by atoms with van der Waals surface area (Å²) in [6, 6.07) is 8.99. The Morgan fingerprint density at radius 1 is 1.10 bits per heavy atom. The van der Waals surface area contributed by atoms with Gasteiger partial charge in [0.2, 0.25) is 0 Å². The van der Waals surface area contributed by atoms with Crippen LogP contribution in [-0.4, -0.2) is 9.78 Å². The van der Waals surface area contributed by atoms with E-state index in [4.69, 9.17) is 5.73 Å². The first-order chi connectivity index (χ1) is 9.56. The standard InChI is InChI=1S/C17H25N3/c1-5-15(6-2)20-11-16(18)17(19-20)14-9-7-13(8-10-14)12(3)4/h7-12,15H,5-6,18H2,1-4H3. The minimum atomic E-state index is 0.431. The molecule has 0 aliphatic rings. The van der Waals surface area contributed by atoms with Gasteiger partial charge in [-0.2, -0.15) is 5.10 Å². The Morgan fingerprint density at radius 2 is 1.70 bits per heavy atom. The fraction of sp³-hybridized carbons (Fsp3) is 0.471. The number of anilines is 1. The van der Waals surface area contributed by atoms with Gasteiger partial charge in [-0.05, 0) is 24.3 Å². The van der Waals surface area contributed by atoms with Crippen LogP contribution >= 0.6 is 0 Å². The Bertz CT molecular complexity index is 548. The molecule has 0 saturated carbocycles. The Balaban J connectivity index is 2.33. The SMILES string of the molecule is CCC(CC)n1cc(N)c(-c2ccc(C(C)C)cc2)n1. The van der Waals surface area contributed by atoms with Crippen LogP contribution in [0.4, 0.5) is 5.69 Å². The van der Waals surface area contributed by atoms with Gasteiger partial charge in [-0.1, -0.05) is 52.0 Å². The van der Waals surface area contributed by atoms with Crippen LogP contribution in [0.3, 0.4) is 0 Å². The normalized spacial score (nSPS) is 11.5. The number of hydrogen-bond donors (Lipinski definition) is 1. The van der Waals surface area contributed by atoms with Gasteiger partial charge in [0.1, 0.15) is 5.69 Å². The van der Waals surface area contributed by atoms with Crippen molar-refractivity contribution in [2.24, 2.45) is 0 Å². The summed E-state index contributed by atoms with van der Waals surface area (Å²) in [6.07, 6.45) is 4.11. The van der Waals surface area contributed by atoms with Crippen LogP contribution in [-0.2, 0) is 0 Å². The lowest BCUT2D eigenvalue weighted by Crippen LogP contribution is -2.07. The highest BCUT2D eigenvalue weighted by atomic mass is 15.3. The van der Waals surface area contributed by atoms with Crippen molar-refractivity contribution < 1.29 is 0 Å². The Labute approximate surface area is 121 Å². The number of rotatable bonds is 5. The molecule has 108 valence electrons. The molecular formula is C17H25N3. The summed E-state index contributed by atoms with van der Waals surface area (Å²) >= 11 is 0. The second-order valence-corrected chi connectivity index (χ2v) is 5.66. The predicted molar refractivity (Wildman–Crippen MR) is 85.8 cm³/mol. The first kappa shape index (κ1) is 14.6. The van der Waals surface area contributed by atoms with Crippen LogP contribution in [0.1, 0.15) is 58.1 Å². The molecule has 1 aromatic heterocycles. The van der Waals surface area contributed by atoms with E-state index in [1.807, 2.05) is 10.9 Å². The van der Waals surface area contributed by atoms with Crippen LogP contribution in [0.2, 0.25) is 0 Å². The van der Waals surface area contributed by atoms with Gasteiger partial charge in [-0.25, -0.2) is 0 Å². The molecule has 0 bridgehead atoms. The molecule has 0 radical (unpaired) electrons. The van der Waals surface area contributed by atoms with E-state index in [1.54, 1.807) is 0 Å². The van der Waals surface area contributed by atoms with Gasteiger partial charge in [-0.15, -0.1) is 0 Å². The van der Waals surface area contributed by atoms with Gasteiger partial charge in [-0.3, -0.25) is 4.68 Å². The molecule has 1 aromatic carbocycles. The van der Waals surface area contributed by atoms with Crippen molar-refractivity contribution in [1.82, 2.24) is 9.78 Å². The maximum absolute atomic E-state index is 6.14. The molecule has 3 heteroatoms. The molecule has 20 heavy (non-hydrogen) atoms. The van der Waals surface area contributed by atoms with Crippen LogP contribution in [0.25, 0.3) is 11.3 Å². The van der Waals surface area contributed by atoms with E-state index in [1.165, 1.54) is 5.56 Å². The number of nitrogen functional groups attached to an aromatic ring is 1. The van der Waals surface area contributed by atoms with Crippen LogP contribution in [0, 0.1) is 0 Å². The van der Waals surface area contributed by atoms with Gasteiger partial charge in [0.15, 0.2) is 0 Å². The molecule has 0 fully saturated rings. The molecule has 0 atom stereocenters. The highest BCUT2D eigenvalue weighted by Gasteiger charge is 2.13. The van der Waals surface area contributed by atoms with E-state index < -0.39 is 0 Å². The highest BCUT2D eigenvalue weighted by Crippen LogP contribution is 2.28. The van der Waals surface area contributed by atoms with E-state index in [0.29, 0.717) is 12.0 Å². The van der Waals surface area contributed by atoms with Crippen LogP contribution in [0.15, 0.2) is 30.5 Å². The first-order valence-corrected chi connectivity index (χ1v) is 7.51. The molecule has 2 N–H and O–H groups in total. The first-order valence-electron chi connectivity index (χ1n) is 7.51. The summed E-state index contributed by atoms with van der Waals surface area (Å²) < 4.78 is 2.01. The van der Waals surface area contributed by atoms with E-state index in [0.717, 1.165) is 29.8 Å². The smallest absolute Gasteiger partial charge is 0.115 e. The van der Waals surface area contributed by atoms with Gasteiger partial charge < -0.3 is 5.73 Å². The van der Waals surface area contributed by atoms with Crippen molar-refractivity contribution in [3.05, 3.63) is 36.0 Å². The predicted octanol–water partition coefficient (Wildman–Crippen LogP) is 4.62. The number of benzene rings is 1. The van der Waals surface area contributed by atoms with Crippen molar-refractivity contribution in [3.63, 3.8) is 0 Å². The van der Waals surface area contributed by atoms with Gasteiger partial charge in [0.05, 0.1) is 11.7 Å². The molecule has 1 heterocycles. The Morgan fingerprint density at radius 3 is 2.20 bits per heavy atom. The molecule has 2 rings (SSSR count). The monoisotopic (exact) mass is 271 g/mol. The average Bonchev–Trinajstić information content (AvgIpc) is 2.82. The van der Waals surface area contributed by atoms with Gasteiger partial charge >= 0.3 is 0 Å². The van der Waals surface area contributed by atoms with Crippen LogP contribution < -0.4 is 5.73 Å². The lowest BCUT2D eigenvalue weighted by molar-refractivity contribution is 0.429. The molecule has 3 nitrogen and oxygen atoms in total. The summed E-state index contributed by atoms with van der Waals surface area (Å²) in [6.45, 7) is 8.77. The van der Waals surface area contributed by atoms with Crippen molar-refractivity contribution in [3.8, 4) is 11.3 Å². The molecule has 0 saturated heterocycles. The minimum absolute atomic E-state index is 0.431. The second kappa shape index (κ2) is 6.12. The molecular weight excluding hydrogens is 246 g/mol. The van der Waals surface area contributed by atoms with E-state index in [9.17, 15) is 0 Å². The van der Waals surface area contributed by atoms with Crippen molar-refractivity contribution in [1.29, 1.82) is 0 Å². The topological polar surface area (TPSA) is 43.8 Å². The zero-order chi connectivity index (χ0) is 14.7. The van der Waals surface area contributed by atoms with Crippen molar-refractivity contribution >= 4 is 5.69 Å².